The minimum atomic E-state index is -0.240. The maximum atomic E-state index is 12.1. The summed E-state index contributed by atoms with van der Waals surface area (Å²) in [5.41, 5.74) is 1.81. The Bertz CT molecular complexity index is 778. The third-order valence-electron chi connectivity index (χ3n) is 3.21. The summed E-state index contributed by atoms with van der Waals surface area (Å²) >= 11 is 18.1. The zero-order valence-electron chi connectivity index (χ0n) is 12.8. The number of amides is 2. The van der Waals surface area contributed by atoms with Crippen LogP contribution in [-0.2, 0) is 16.0 Å². The van der Waals surface area contributed by atoms with Gasteiger partial charge in [-0.15, -0.1) is 0 Å². The monoisotopic (exact) mass is 384 g/mol. The lowest BCUT2D eigenvalue weighted by Gasteiger charge is -2.10. The highest BCUT2D eigenvalue weighted by Crippen LogP contribution is 2.27. The zero-order valence-corrected chi connectivity index (χ0v) is 15.1. The lowest BCUT2D eigenvalue weighted by atomic mass is 10.1. The van der Waals surface area contributed by atoms with Gasteiger partial charge >= 0.3 is 0 Å². The quantitative estimate of drug-likeness (QED) is 0.745. The second kappa shape index (κ2) is 8.38. The molecule has 0 aliphatic rings. The van der Waals surface area contributed by atoms with E-state index >= 15 is 0 Å². The molecule has 4 nitrogen and oxygen atoms in total. The Hall–Kier alpha value is -1.75. The van der Waals surface area contributed by atoms with E-state index in [0.717, 1.165) is 5.56 Å². The Morgan fingerprint density at radius 2 is 1.75 bits per heavy atom. The summed E-state index contributed by atoms with van der Waals surface area (Å²) in [5.74, 6) is -0.418. The van der Waals surface area contributed by atoms with Crippen molar-refractivity contribution in [3.05, 3.63) is 57.0 Å². The summed E-state index contributed by atoms with van der Waals surface area (Å²) in [6.07, 6.45) is 0.718. The molecular weight excluding hydrogens is 371 g/mol. The number of carbonyl (C=O) groups is 2. The fourth-order valence-corrected chi connectivity index (χ4v) is 2.68. The summed E-state index contributed by atoms with van der Waals surface area (Å²) in [6.45, 7) is 1.39. The van der Waals surface area contributed by atoms with Crippen LogP contribution in [0.15, 0.2) is 36.4 Å². The highest BCUT2D eigenvalue weighted by molar-refractivity contribution is 6.42. The van der Waals surface area contributed by atoms with Crippen LogP contribution in [0, 0.1) is 0 Å². The fourth-order valence-electron chi connectivity index (χ4n) is 2.10. The van der Waals surface area contributed by atoms with Crippen LogP contribution in [0.3, 0.4) is 0 Å². The predicted octanol–water partition coefficient (Wildman–Crippen LogP) is 5.18. The van der Waals surface area contributed by atoms with Crippen molar-refractivity contribution in [1.29, 1.82) is 0 Å². The van der Waals surface area contributed by atoms with Crippen LogP contribution in [0.1, 0.15) is 18.9 Å². The van der Waals surface area contributed by atoms with E-state index in [1.54, 1.807) is 30.3 Å². The summed E-state index contributed by atoms with van der Waals surface area (Å²) in [6, 6.07) is 10.2. The Kier molecular flexibility index (Phi) is 6.49. The molecule has 0 bridgehead atoms. The molecule has 24 heavy (non-hydrogen) atoms. The van der Waals surface area contributed by atoms with Crippen molar-refractivity contribution in [2.75, 3.05) is 10.6 Å². The first-order valence-corrected chi connectivity index (χ1v) is 8.30. The van der Waals surface area contributed by atoms with E-state index in [1.165, 1.54) is 6.92 Å². The van der Waals surface area contributed by atoms with Gasteiger partial charge in [-0.3, -0.25) is 9.59 Å². The van der Waals surface area contributed by atoms with E-state index in [4.69, 9.17) is 34.8 Å². The molecule has 0 unspecified atom stereocenters. The van der Waals surface area contributed by atoms with Crippen LogP contribution >= 0.6 is 34.8 Å². The first kappa shape index (κ1) is 18.6. The first-order valence-electron chi connectivity index (χ1n) is 7.16. The van der Waals surface area contributed by atoms with Gasteiger partial charge in [0, 0.05) is 19.0 Å². The average Bonchev–Trinajstić information content (AvgIpc) is 2.51. The van der Waals surface area contributed by atoms with E-state index in [1.807, 2.05) is 6.07 Å². The van der Waals surface area contributed by atoms with Gasteiger partial charge < -0.3 is 10.6 Å². The minimum Gasteiger partial charge on any atom is -0.326 e. The Morgan fingerprint density at radius 1 is 1.00 bits per heavy atom. The fraction of sp³-hybridized carbons (Fsp3) is 0.176. The first-order chi connectivity index (χ1) is 11.4. The van der Waals surface area contributed by atoms with Crippen LogP contribution in [0.2, 0.25) is 15.1 Å². The molecule has 2 aromatic rings. The molecule has 0 fully saturated rings. The molecule has 126 valence electrons. The minimum absolute atomic E-state index is 0.179. The highest BCUT2D eigenvalue weighted by atomic mass is 35.5. The van der Waals surface area contributed by atoms with Crippen LogP contribution in [0.25, 0.3) is 0 Å². The third-order valence-corrected chi connectivity index (χ3v) is 4.40. The molecule has 2 amide bonds. The zero-order chi connectivity index (χ0) is 17.7. The average molecular weight is 386 g/mol. The molecular formula is C17H15Cl3N2O2. The summed E-state index contributed by atoms with van der Waals surface area (Å²) in [7, 11) is 0. The van der Waals surface area contributed by atoms with Gasteiger partial charge in [-0.2, -0.15) is 0 Å². The largest absolute Gasteiger partial charge is 0.326 e. The normalized spacial score (nSPS) is 10.3. The topological polar surface area (TPSA) is 58.2 Å². The maximum absolute atomic E-state index is 12.1. The van der Waals surface area contributed by atoms with Gasteiger partial charge in [-0.25, -0.2) is 0 Å². The van der Waals surface area contributed by atoms with E-state index in [9.17, 15) is 9.59 Å². The second-order valence-electron chi connectivity index (χ2n) is 5.14. The van der Waals surface area contributed by atoms with Gasteiger partial charge in [-0.1, -0.05) is 46.9 Å². The van der Waals surface area contributed by atoms with Crippen LogP contribution in [-0.4, -0.2) is 11.8 Å². The summed E-state index contributed by atoms with van der Waals surface area (Å²) in [5, 5.41) is 6.69. The predicted molar refractivity (Wildman–Crippen MR) is 99.2 cm³/mol. The van der Waals surface area contributed by atoms with Gasteiger partial charge in [0.05, 0.1) is 20.8 Å². The van der Waals surface area contributed by atoms with Crippen molar-refractivity contribution < 1.29 is 9.59 Å². The smallest absolute Gasteiger partial charge is 0.224 e. The number of aryl methyl sites for hydroxylation is 1. The molecule has 0 radical (unpaired) electrons. The second-order valence-corrected chi connectivity index (χ2v) is 6.33. The molecule has 2 N–H and O–H groups in total. The van der Waals surface area contributed by atoms with Crippen molar-refractivity contribution in [3.8, 4) is 0 Å². The SMILES string of the molecule is CC(=O)Nc1cc(NC(=O)CCc2cccc(Cl)c2Cl)ccc1Cl. The molecule has 7 heteroatoms. The highest BCUT2D eigenvalue weighted by Gasteiger charge is 2.09. The third kappa shape index (κ3) is 5.13. The molecule has 2 rings (SSSR count). The van der Waals surface area contributed by atoms with Crippen molar-refractivity contribution in [3.63, 3.8) is 0 Å². The lowest BCUT2D eigenvalue weighted by Crippen LogP contribution is -2.13. The molecule has 0 saturated heterocycles. The molecule has 0 aliphatic heterocycles. The number of carbonyl (C=O) groups excluding carboxylic acids is 2. The Morgan fingerprint density at radius 3 is 2.46 bits per heavy atom. The number of halogens is 3. The maximum Gasteiger partial charge on any atom is 0.224 e. The molecule has 0 atom stereocenters. The lowest BCUT2D eigenvalue weighted by molar-refractivity contribution is -0.116. The molecule has 0 aromatic heterocycles. The summed E-state index contributed by atoms with van der Waals surface area (Å²) in [4.78, 5) is 23.2. The number of anilines is 2. The van der Waals surface area contributed by atoms with E-state index < -0.39 is 0 Å². The van der Waals surface area contributed by atoms with Crippen molar-refractivity contribution in [2.45, 2.75) is 19.8 Å². The molecule has 2 aromatic carbocycles. The molecule has 0 heterocycles. The van der Waals surface area contributed by atoms with E-state index in [0.29, 0.717) is 32.9 Å². The molecule has 0 saturated carbocycles. The van der Waals surface area contributed by atoms with Crippen molar-refractivity contribution in [1.82, 2.24) is 0 Å². The number of rotatable bonds is 5. The number of nitrogens with one attached hydrogen (secondary N) is 2. The summed E-state index contributed by atoms with van der Waals surface area (Å²) < 4.78 is 0. The van der Waals surface area contributed by atoms with Crippen molar-refractivity contribution in [2.24, 2.45) is 0 Å². The van der Waals surface area contributed by atoms with Crippen LogP contribution in [0.4, 0.5) is 11.4 Å². The molecule has 0 aliphatic carbocycles. The number of benzene rings is 2. The van der Waals surface area contributed by atoms with Gasteiger partial charge in [0.1, 0.15) is 0 Å². The number of hydrogen-bond donors (Lipinski definition) is 2. The van der Waals surface area contributed by atoms with Gasteiger partial charge in [0.25, 0.3) is 0 Å². The molecule has 0 spiro atoms. The van der Waals surface area contributed by atoms with Crippen LogP contribution in [0.5, 0.6) is 0 Å². The number of hydrogen-bond acceptors (Lipinski definition) is 2. The Labute approximate surface area is 155 Å². The van der Waals surface area contributed by atoms with Crippen LogP contribution < -0.4 is 10.6 Å². The van der Waals surface area contributed by atoms with Gasteiger partial charge in [0.15, 0.2) is 0 Å². The van der Waals surface area contributed by atoms with E-state index in [2.05, 4.69) is 10.6 Å². The van der Waals surface area contributed by atoms with Gasteiger partial charge in [0.2, 0.25) is 11.8 Å². The van der Waals surface area contributed by atoms with Crippen molar-refractivity contribution >= 4 is 58.0 Å². The van der Waals surface area contributed by atoms with E-state index in [-0.39, 0.29) is 18.2 Å². The standard InChI is InChI=1S/C17H15Cl3N2O2/c1-10(23)21-15-9-12(6-7-13(15)18)22-16(24)8-5-11-3-2-4-14(19)17(11)20/h2-4,6-7,9H,5,8H2,1H3,(H,21,23)(H,22,24). The Balaban J connectivity index is 1.99. The van der Waals surface area contributed by atoms with Gasteiger partial charge in [-0.05, 0) is 36.2 Å².